The van der Waals surface area contributed by atoms with Crippen LogP contribution in [0.3, 0.4) is 0 Å². The van der Waals surface area contributed by atoms with E-state index in [2.05, 4.69) is 32.2 Å². The summed E-state index contributed by atoms with van der Waals surface area (Å²) in [7, 11) is 0. The van der Waals surface area contributed by atoms with Crippen molar-refractivity contribution < 1.29 is 19.4 Å². The van der Waals surface area contributed by atoms with Gasteiger partial charge in [0.15, 0.2) is 11.4 Å². The minimum Gasteiger partial charge on any atom is -0.481 e. The molecule has 12 heteroatoms. The number of hydrogen-bond acceptors (Lipinski definition) is 10. The van der Waals surface area contributed by atoms with Crippen LogP contribution in [0.25, 0.3) is 44.6 Å². The molecule has 3 atom stereocenters. The summed E-state index contributed by atoms with van der Waals surface area (Å²) in [6, 6.07) is 20.3. The lowest BCUT2D eigenvalue weighted by Crippen LogP contribution is -2.26. The summed E-state index contributed by atoms with van der Waals surface area (Å²) in [5, 5.41) is 34.7. The van der Waals surface area contributed by atoms with Gasteiger partial charge in [0.2, 0.25) is 5.89 Å². The van der Waals surface area contributed by atoms with Crippen LogP contribution >= 0.6 is 11.6 Å². The van der Waals surface area contributed by atoms with Crippen LogP contribution in [0.2, 0.25) is 5.02 Å². The van der Waals surface area contributed by atoms with Gasteiger partial charge in [0.1, 0.15) is 22.7 Å². The van der Waals surface area contributed by atoms with E-state index in [1.54, 1.807) is 6.20 Å². The number of aromatic nitrogens is 3. The highest BCUT2D eigenvalue weighted by molar-refractivity contribution is 6.36. The third-order valence-corrected chi connectivity index (χ3v) is 11.8. The lowest BCUT2D eigenvalue weighted by atomic mass is 9.96. The monoisotopic (exact) mass is 739 g/mol. The van der Waals surface area contributed by atoms with Gasteiger partial charge in [-0.1, -0.05) is 35.9 Å². The first-order valence-electron chi connectivity index (χ1n) is 18.4. The zero-order valence-corrected chi connectivity index (χ0v) is 30.5. The van der Waals surface area contributed by atoms with Crippen molar-refractivity contribution in [2.24, 2.45) is 5.92 Å². The molecule has 272 valence electrons. The Kier molecular flexibility index (Phi) is 8.79. The molecule has 0 bridgehead atoms. The molecule has 2 aliphatic heterocycles. The quantitative estimate of drug-likeness (QED) is 0.141. The number of β-amino-alcohol motifs (C(OH)–C–C–N with tert-alkyl or cyclic N) is 1. The Bertz CT molecular complexity index is 2510. The van der Waals surface area contributed by atoms with E-state index in [4.69, 9.17) is 26.0 Å². The number of aliphatic carboxylic acids is 1. The second kappa shape index (κ2) is 13.8. The smallest absolute Gasteiger partial charge is 0.307 e. The molecule has 1 aliphatic carbocycles. The summed E-state index contributed by atoms with van der Waals surface area (Å²) in [5.41, 5.74) is 9.57. The van der Waals surface area contributed by atoms with Crippen LogP contribution in [0.5, 0.6) is 0 Å². The lowest BCUT2D eigenvalue weighted by Gasteiger charge is -2.24. The number of carboxylic acid groups (broad SMARTS) is 1. The normalized spacial score (nSPS) is 20.1. The van der Waals surface area contributed by atoms with Crippen LogP contribution in [-0.4, -0.2) is 73.2 Å². The van der Waals surface area contributed by atoms with Gasteiger partial charge in [-0.05, 0) is 97.3 Å². The van der Waals surface area contributed by atoms with Crippen molar-refractivity contribution in [3.05, 3.63) is 99.8 Å². The highest BCUT2D eigenvalue weighted by atomic mass is 35.5. The van der Waals surface area contributed by atoms with E-state index < -0.39 is 5.97 Å². The number of aliphatic hydroxyl groups excluding tert-OH is 1. The van der Waals surface area contributed by atoms with Gasteiger partial charge in [0.25, 0.3) is 0 Å². The van der Waals surface area contributed by atoms with Gasteiger partial charge in [-0.3, -0.25) is 19.6 Å². The SMILES string of the molecule is Cc1c(-c2nc3cc4c(c(C#N)c3o2)CC[C@H]4N2CC[C@@H](C(=O)O)C2)cccc1-c1cccc(Nc2nccc3cc(CN4CC[C@@H](O)C4)cnc23)c1Cl. The molecule has 3 aromatic carbocycles. The zero-order chi connectivity index (χ0) is 37.1. The highest BCUT2D eigenvalue weighted by Gasteiger charge is 2.37. The Morgan fingerprint density at radius 1 is 1.06 bits per heavy atom. The number of fused-ring (bicyclic) bond motifs is 3. The number of nitrogens with zero attached hydrogens (tertiary/aromatic N) is 6. The molecular weight excluding hydrogens is 702 g/mol. The number of nitriles is 1. The predicted octanol–water partition coefficient (Wildman–Crippen LogP) is 7.64. The number of benzene rings is 3. The maximum atomic E-state index is 11.7. The Balaban J connectivity index is 1.01. The molecule has 3 N–H and O–H groups in total. The van der Waals surface area contributed by atoms with E-state index in [9.17, 15) is 20.3 Å². The minimum atomic E-state index is -0.753. The largest absolute Gasteiger partial charge is 0.481 e. The minimum absolute atomic E-state index is 0.0574. The zero-order valence-electron chi connectivity index (χ0n) is 29.7. The Hall–Kier alpha value is -5.38. The molecule has 11 nitrogen and oxygen atoms in total. The van der Waals surface area contributed by atoms with E-state index in [0.717, 1.165) is 88.7 Å². The van der Waals surface area contributed by atoms with Crippen LogP contribution in [0.4, 0.5) is 11.5 Å². The van der Waals surface area contributed by atoms with E-state index in [1.165, 1.54) is 0 Å². The molecule has 3 aliphatic rings. The summed E-state index contributed by atoms with van der Waals surface area (Å²) < 4.78 is 6.41. The Morgan fingerprint density at radius 3 is 2.69 bits per heavy atom. The molecule has 0 saturated carbocycles. The standard InChI is InChI=1S/C42H38ClN7O4/c1-23-28(31-6-3-7-34(37(31)43)47-40-38-25(10-13-45-40)16-24(19-46-38)20-49-14-12-27(51)22-49)4-2-5-29(23)41-48-35-17-32-30(33(18-44)39(35)54-41)8-9-36(32)50-15-11-26(21-50)42(52)53/h2-7,10,13,16-17,19,26-27,36,51H,8-9,11-12,14-15,20-22H2,1H3,(H,45,47)(H,52,53)/t26-,27-,36-/m1/s1. The number of anilines is 2. The number of aliphatic hydroxyl groups is 1. The van der Waals surface area contributed by atoms with Crippen molar-refractivity contribution in [2.75, 3.05) is 31.5 Å². The maximum Gasteiger partial charge on any atom is 0.307 e. The van der Waals surface area contributed by atoms with Crippen LogP contribution in [0.15, 0.2) is 71.4 Å². The lowest BCUT2D eigenvalue weighted by molar-refractivity contribution is -0.141. The number of pyridine rings is 2. The molecule has 5 heterocycles. The molecule has 0 amide bonds. The third kappa shape index (κ3) is 6.05. The van der Waals surface area contributed by atoms with Crippen molar-refractivity contribution in [1.82, 2.24) is 24.8 Å². The molecule has 54 heavy (non-hydrogen) atoms. The van der Waals surface area contributed by atoms with Gasteiger partial charge in [-0.2, -0.15) is 5.26 Å². The van der Waals surface area contributed by atoms with E-state index in [1.807, 2.05) is 61.7 Å². The Morgan fingerprint density at radius 2 is 1.89 bits per heavy atom. The second-order valence-electron chi connectivity index (χ2n) is 14.7. The summed E-state index contributed by atoms with van der Waals surface area (Å²) in [4.78, 5) is 30.4. The van der Waals surface area contributed by atoms with Crippen molar-refractivity contribution in [3.8, 4) is 28.7 Å². The summed E-state index contributed by atoms with van der Waals surface area (Å²) in [6.45, 7) is 5.53. The average molecular weight is 740 g/mol. The first kappa shape index (κ1) is 34.4. The van der Waals surface area contributed by atoms with Gasteiger partial charge in [0, 0.05) is 61.1 Å². The number of oxazole rings is 1. The number of nitrogens with one attached hydrogen (secondary N) is 1. The summed E-state index contributed by atoms with van der Waals surface area (Å²) in [6.07, 6.45) is 6.36. The fourth-order valence-corrected chi connectivity index (χ4v) is 8.91. The number of halogens is 1. The number of carbonyl (C=O) groups is 1. The van der Waals surface area contributed by atoms with Gasteiger partial charge in [-0.15, -0.1) is 0 Å². The van der Waals surface area contributed by atoms with Gasteiger partial charge in [-0.25, -0.2) is 9.97 Å². The third-order valence-electron chi connectivity index (χ3n) is 11.4. The van der Waals surface area contributed by atoms with Gasteiger partial charge >= 0.3 is 5.97 Å². The predicted molar refractivity (Wildman–Crippen MR) is 206 cm³/mol. The van der Waals surface area contributed by atoms with Crippen molar-refractivity contribution in [2.45, 2.75) is 51.3 Å². The molecule has 2 fully saturated rings. The fourth-order valence-electron chi connectivity index (χ4n) is 8.63. The molecule has 0 spiro atoms. The van der Waals surface area contributed by atoms with Crippen LogP contribution in [0, 0.1) is 24.2 Å². The molecule has 6 aromatic rings. The van der Waals surface area contributed by atoms with Crippen LogP contribution < -0.4 is 5.32 Å². The van der Waals surface area contributed by atoms with E-state index in [-0.39, 0.29) is 18.1 Å². The first-order chi connectivity index (χ1) is 26.2. The molecule has 0 unspecified atom stereocenters. The summed E-state index contributed by atoms with van der Waals surface area (Å²) in [5.74, 6) is -0.100. The first-order valence-corrected chi connectivity index (χ1v) is 18.8. The molecule has 3 aromatic heterocycles. The molecule has 9 rings (SSSR count). The molecule has 2 saturated heterocycles. The topological polar surface area (TPSA) is 152 Å². The maximum absolute atomic E-state index is 11.7. The summed E-state index contributed by atoms with van der Waals surface area (Å²) >= 11 is 7.15. The Labute approximate surface area is 316 Å². The molecular formula is C42H38ClN7O4. The van der Waals surface area contributed by atoms with Crippen molar-refractivity contribution >= 4 is 51.1 Å². The van der Waals surface area contributed by atoms with Gasteiger partial charge < -0.3 is 19.9 Å². The van der Waals surface area contributed by atoms with Crippen LogP contribution in [-0.2, 0) is 17.8 Å². The number of hydrogen-bond donors (Lipinski definition) is 3. The van der Waals surface area contributed by atoms with Crippen LogP contribution in [0.1, 0.15) is 53.1 Å². The van der Waals surface area contributed by atoms with Crippen molar-refractivity contribution in [1.29, 1.82) is 5.26 Å². The van der Waals surface area contributed by atoms with E-state index >= 15 is 0 Å². The highest BCUT2D eigenvalue weighted by Crippen LogP contribution is 2.44. The second-order valence-corrected chi connectivity index (χ2v) is 15.1. The number of carboxylic acids is 1. The van der Waals surface area contributed by atoms with Crippen molar-refractivity contribution in [3.63, 3.8) is 0 Å². The number of likely N-dealkylation sites (tertiary alicyclic amines) is 2. The average Bonchev–Trinajstić information content (AvgIpc) is 3.99. The van der Waals surface area contributed by atoms with E-state index in [0.29, 0.717) is 58.6 Å². The fraction of sp³-hybridized carbons (Fsp3) is 0.310. The molecule has 0 radical (unpaired) electrons. The number of rotatable bonds is 8. The van der Waals surface area contributed by atoms with Gasteiger partial charge in [0.05, 0.1) is 22.7 Å².